The molecule has 2 saturated carbocycles. The van der Waals surface area contributed by atoms with Crippen LogP contribution in [0.1, 0.15) is 75.8 Å². The van der Waals surface area contributed by atoms with Gasteiger partial charge in [0.25, 0.3) is 5.91 Å². The number of carbonyl (C=O) groups excluding carboxylic acids is 4. The summed E-state index contributed by atoms with van der Waals surface area (Å²) in [4.78, 5) is 55.5. The van der Waals surface area contributed by atoms with E-state index in [2.05, 4.69) is 21.9 Å². The molecule has 3 fully saturated rings. The summed E-state index contributed by atoms with van der Waals surface area (Å²) in [5.74, 6) is -2.41. The molecular weight excluding hydrogens is 648 g/mol. The summed E-state index contributed by atoms with van der Waals surface area (Å²) in [5, 5.41) is 5.37. The minimum Gasteiger partial charge on any atom is -0.450 e. The molecule has 2 aliphatic carbocycles. The predicted molar refractivity (Wildman–Crippen MR) is 175 cm³/mol. The molecule has 1 saturated heterocycles. The van der Waals surface area contributed by atoms with Gasteiger partial charge in [-0.15, -0.1) is 6.58 Å². The Morgan fingerprint density at radius 3 is 2.74 bits per heavy atom. The zero-order chi connectivity index (χ0) is 33.8. The smallest absolute Gasteiger partial charge is 0.407 e. The lowest BCUT2D eigenvalue weighted by molar-refractivity contribution is -0.141. The SMILES string of the molecule is C=C[C@H]1C[C@]1(NC(=O)[C@@H]1C[C@@H]2CN1C(=O)[C@H](CCCC)NC(=O)OCCC/C=C/c1ccc(Cl)c(c1)CO2)C(=O)NS(=O)(=O)C1CC1. The van der Waals surface area contributed by atoms with Crippen molar-refractivity contribution in [2.45, 2.75) is 100 Å². The number of amides is 4. The van der Waals surface area contributed by atoms with Gasteiger partial charge in [0.1, 0.15) is 17.6 Å². The van der Waals surface area contributed by atoms with Gasteiger partial charge in [-0.05, 0) is 61.8 Å². The Morgan fingerprint density at radius 1 is 1.26 bits per heavy atom. The molecule has 4 aliphatic rings. The maximum absolute atomic E-state index is 14.1. The number of hydrogen-bond acceptors (Lipinski definition) is 8. The number of cyclic esters (lactones) is 1. The fourth-order valence-electron chi connectivity index (χ4n) is 6.08. The van der Waals surface area contributed by atoms with E-state index < -0.39 is 68.7 Å². The number of halogens is 1. The molecule has 1 aromatic rings. The van der Waals surface area contributed by atoms with Gasteiger partial charge < -0.3 is 25.0 Å². The zero-order valence-corrected chi connectivity index (χ0v) is 28.1. The molecular formula is C33H43ClN4O8S. The number of benzene rings is 1. The van der Waals surface area contributed by atoms with Gasteiger partial charge in [0.05, 0.1) is 24.6 Å². The highest BCUT2D eigenvalue weighted by Crippen LogP contribution is 2.45. The van der Waals surface area contributed by atoms with E-state index in [1.165, 1.54) is 11.0 Å². The Morgan fingerprint density at radius 2 is 2.04 bits per heavy atom. The van der Waals surface area contributed by atoms with Crippen LogP contribution in [-0.4, -0.2) is 79.3 Å². The van der Waals surface area contributed by atoms with E-state index in [0.717, 1.165) is 17.5 Å². The Hall–Kier alpha value is -3.42. The molecule has 0 unspecified atom stereocenters. The van der Waals surface area contributed by atoms with Crippen LogP contribution in [0.5, 0.6) is 0 Å². The third kappa shape index (κ3) is 8.36. The number of rotatable bonds is 9. The van der Waals surface area contributed by atoms with Crippen LogP contribution >= 0.6 is 11.6 Å². The minimum absolute atomic E-state index is 0.0492. The second-order valence-electron chi connectivity index (χ2n) is 12.7. The Kier molecular flexibility index (Phi) is 11.0. The van der Waals surface area contributed by atoms with E-state index in [9.17, 15) is 27.6 Å². The van der Waals surface area contributed by atoms with Crippen molar-refractivity contribution in [3.8, 4) is 0 Å². The van der Waals surface area contributed by atoms with Crippen LogP contribution < -0.4 is 15.4 Å². The summed E-state index contributed by atoms with van der Waals surface area (Å²) in [5.41, 5.74) is 0.156. The normalized spacial score (nSPS) is 29.0. The van der Waals surface area contributed by atoms with Gasteiger partial charge >= 0.3 is 6.09 Å². The van der Waals surface area contributed by atoms with Crippen LogP contribution in [0, 0.1) is 5.92 Å². The number of allylic oxidation sites excluding steroid dienone is 1. The third-order valence-corrected chi connectivity index (χ3v) is 11.3. The monoisotopic (exact) mass is 690 g/mol. The van der Waals surface area contributed by atoms with E-state index in [4.69, 9.17) is 21.1 Å². The predicted octanol–water partition coefficient (Wildman–Crippen LogP) is 3.59. The summed E-state index contributed by atoms with van der Waals surface area (Å²) >= 11 is 6.48. The van der Waals surface area contributed by atoms with Crippen LogP contribution in [0.4, 0.5) is 4.79 Å². The van der Waals surface area contributed by atoms with Crippen molar-refractivity contribution in [3.63, 3.8) is 0 Å². The molecule has 1 aromatic carbocycles. The molecule has 256 valence electrons. The molecule has 5 rings (SSSR count). The molecule has 3 N–H and O–H groups in total. The van der Waals surface area contributed by atoms with Crippen molar-refractivity contribution in [2.75, 3.05) is 13.2 Å². The lowest BCUT2D eigenvalue weighted by Crippen LogP contribution is -2.58. The fraction of sp³-hybridized carbons (Fsp3) is 0.576. The fourth-order valence-corrected chi connectivity index (χ4v) is 7.62. The molecule has 4 amide bonds. The second kappa shape index (κ2) is 14.8. The average Bonchev–Trinajstić information content (AvgIpc) is 3.96. The summed E-state index contributed by atoms with van der Waals surface area (Å²) in [6, 6.07) is 3.56. The Labute approximate surface area is 280 Å². The highest BCUT2D eigenvalue weighted by atomic mass is 35.5. The summed E-state index contributed by atoms with van der Waals surface area (Å²) in [6.07, 6.45) is 8.37. The van der Waals surface area contributed by atoms with Gasteiger partial charge in [-0.3, -0.25) is 19.1 Å². The van der Waals surface area contributed by atoms with Crippen molar-refractivity contribution >= 4 is 51.5 Å². The number of fused-ring (bicyclic) bond motifs is 4. The van der Waals surface area contributed by atoms with Crippen LogP contribution in [0.2, 0.25) is 5.02 Å². The maximum atomic E-state index is 14.1. The second-order valence-corrected chi connectivity index (χ2v) is 15.1. The number of alkyl carbamates (subject to hydrolysis) is 1. The average molecular weight is 691 g/mol. The van der Waals surface area contributed by atoms with Crippen molar-refractivity contribution in [3.05, 3.63) is 53.1 Å². The van der Waals surface area contributed by atoms with Crippen LogP contribution in [0.25, 0.3) is 6.08 Å². The van der Waals surface area contributed by atoms with Gasteiger partial charge in [0, 0.05) is 23.9 Å². The first-order chi connectivity index (χ1) is 22.5. The quantitative estimate of drug-likeness (QED) is 0.332. The number of ether oxygens (including phenoxy) is 2. The first-order valence-electron chi connectivity index (χ1n) is 16.3. The summed E-state index contributed by atoms with van der Waals surface area (Å²) in [6.45, 7) is 6.06. The lowest BCUT2D eigenvalue weighted by Gasteiger charge is -2.29. The first kappa shape index (κ1) is 34.9. The van der Waals surface area contributed by atoms with Crippen molar-refractivity contribution in [1.82, 2.24) is 20.3 Å². The van der Waals surface area contributed by atoms with Gasteiger partial charge in [-0.2, -0.15) is 0 Å². The highest BCUT2D eigenvalue weighted by molar-refractivity contribution is 7.91. The molecule has 5 atom stereocenters. The zero-order valence-electron chi connectivity index (χ0n) is 26.5. The molecule has 47 heavy (non-hydrogen) atoms. The van der Waals surface area contributed by atoms with E-state index in [1.807, 2.05) is 31.2 Å². The van der Waals surface area contributed by atoms with Crippen LogP contribution in [0.15, 0.2) is 36.9 Å². The Balaban J connectivity index is 1.40. The van der Waals surface area contributed by atoms with Crippen molar-refractivity contribution in [1.29, 1.82) is 0 Å². The number of unbranched alkanes of at least 4 members (excludes halogenated alkanes) is 1. The minimum atomic E-state index is -3.86. The number of nitrogens with zero attached hydrogens (tertiary/aromatic N) is 1. The molecule has 14 heteroatoms. The molecule has 12 nitrogen and oxygen atoms in total. The number of carbonyl (C=O) groups is 4. The summed E-state index contributed by atoms with van der Waals surface area (Å²) in [7, 11) is -3.86. The standard InChI is InChI=1S/C33H43ClN4O8S/c1-3-5-10-27-30(40)38-19-24(46-20-22-16-21(11-14-26(22)34)9-7-6-8-15-45-32(42)35-27)17-28(38)29(39)36-33(18-23(33)4-2)31(41)37-47(43,44)25-12-13-25/h4,7,9,11,14,16,23-25,27-28H,2-3,5-6,8,10,12-13,15,17-20H2,1H3,(H,35,42)(H,36,39)(H,37,41)/b9-7+/t23-,24+,27-,28-,33+/m0/s1. The number of sulfonamides is 1. The molecule has 4 bridgehead atoms. The molecule has 2 heterocycles. The van der Waals surface area contributed by atoms with E-state index in [1.54, 1.807) is 6.07 Å². The van der Waals surface area contributed by atoms with E-state index in [-0.39, 0.29) is 32.6 Å². The molecule has 0 spiro atoms. The summed E-state index contributed by atoms with van der Waals surface area (Å²) < 4.78 is 38.9. The highest BCUT2D eigenvalue weighted by Gasteiger charge is 2.62. The topological polar surface area (TPSA) is 160 Å². The van der Waals surface area contributed by atoms with Crippen molar-refractivity contribution < 1.29 is 37.1 Å². The van der Waals surface area contributed by atoms with Crippen LogP contribution in [0.3, 0.4) is 0 Å². The largest absolute Gasteiger partial charge is 0.450 e. The molecule has 0 aromatic heterocycles. The van der Waals surface area contributed by atoms with Gasteiger partial charge in [-0.1, -0.05) is 55.7 Å². The molecule has 0 radical (unpaired) electrons. The first-order valence-corrected chi connectivity index (χ1v) is 18.2. The lowest BCUT2D eigenvalue weighted by atomic mass is 10.1. The van der Waals surface area contributed by atoms with Gasteiger partial charge in [-0.25, -0.2) is 13.2 Å². The van der Waals surface area contributed by atoms with Gasteiger partial charge in [0.2, 0.25) is 21.8 Å². The van der Waals surface area contributed by atoms with Crippen LogP contribution in [-0.2, 0) is 40.5 Å². The number of nitrogens with one attached hydrogen (secondary N) is 3. The molecule has 2 aliphatic heterocycles. The van der Waals surface area contributed by atoms with E-state index >= 15 is 0 Å². The van der Waals surface area contributed by atoms with Crippen molar-refractivity contribution in [2.24, 2.45) is 5.92 Å². The third-order valence-electron chi connectivity index (χ3n) is 9.14. The Bertz CT molecular complexity index is 1530. The van der Waals surface area contributed by atoms with E-state index in [0.29, 0.717) is 43.5 Å². The van der Waals surface area contributed by atoms with Gasteiger partial charge in [0.15, 0.2) is 0 Å². The maximum Gasteiger partial charge on any atom is 0.407 e. The number of hydrogen-bond donors (Lipinski definition) is 3.